The van der Waals surface area contributed by atoms with Crippen LogP contribution < -0.4 is 0 Å². The molecule has 0 saturated heterocycles. The van der Waals surface area contributed by atoms with Crippen molar-refractivity contribution in [2.24, 2.45) is 28.6 Å². The molecule has 0 radical (unpaired) electrons. The lowest BCUT2D eigenvalue weighted by Gasteiger charge is -2.58. The number of ketones is 1. The van der Waals surface area contributed by atoms with Gasteiger partial charge in [0, 0.05) is 18.8 Å². The second-order valence-corrected chi connectivity index (χ2v) is 10.5. The van der Waals surface area contributed by atoms with Gasteiger partial charge < -0.3 is 9.84 Å². The van der Waals surface area contributed by atoms with E-state index in [-0.39, 0.29) is 16.0 Å². The van der Waals surface area contributed by atoms with Crippen LogP contribution in [-0.4, -0.2) is 27.5 Å². The number of rotatable bonds is 1. The maximum absolute atomic E-state index is 11.9. The number of hydrogen-bond donors (Lipinski definition) is 1. The number of halogens is 1. The topological polar surface area (TPSA) is 63.6 Å². The first-order chi connectivity index (χ1) is 12.1. The minimum atomic E-state index is -1.44. The molecule has 26 heavy (non-hydrogen) atoms. The van der Waals surface area contributed by atoms with Crippen molar-refractivity contribution in [3.05, 3.63) is 11.6 Å². The third kappa shape index (κ3) is 2.35. The summed E-state index contributed by atoms with van der Waals surface area (Å²) in [5, 5.41) is 11.4. The number of allylic oxidation sites excluding steroid dienone is 1. The molecule has 5 heteroatoms. The average molecular weight is 425 g/mol. The van der Waals surface area contributed by atoms with Crippen molar-refractivity contribution >= 4 is 27.7 Å². The maximum Gasteiger partial charge on any atom is 0.305 e. The molecule has 0 spiro atoms. The van der Waals surface area contributed by atoms with Crippen molar-refractivity contribution in [1.82, 2.24) is 0 Å². The van der Waals surface area contributed by atoms with E-state index >= 15 is 0 Å². The molecule has 0 heterocycles. The Hall–Kier alpha value is -0.680. The summed E-state index contributed by atoms with van der Waals surface area (Å²) < 4.78 is 5.52. The summed E-state index contributed by atoms with van der Waals surface area (Å²) in [6, 6.07) is 0. The number of carbonyl (C=O) groups is 2. The van der Waals surface area contributed by atoms with E-state index in [0.717, 1.165) is 38.5 Å². The van der Waals surface area contributed by atoms with Crippen LogP contribution in [0.2, 0.25) is 0 Å². The summed E-state index contributed by atoms with van der Waals surface area (Å²) in [6.45, 7) is 5.83. The Morgan fingerprint density at radius 2 is 1.96 bits per heavy atom. The summed E-state index contributed by atoms with van der Waals surface area (Å²) in [7, 11) is 0. The summed E-state index contributed by atoms with van der Waals surface area (Å²) in [5.41, 5.74) is 1.04. The number of aliphatic hydroxyl groups is 1. The second-order valence-electron chi connectivity index (χ2n) is 9.42. The molecular formula is C21H29BrO4. The van der Waals surface area contributed by atoms with Crippen molar-refractivity contribution in [3.8, 4) is 0 Å². The SMILES string of the molecule is CC(=O)O[C@@]1(O)[C@H](Br)C[C@H]2[C@@H]3CCC4=CC(=O)CC[C@]4(C)[C@@H]3CC[C@@]21C. The molecule has 4 nitrogen and oxygen atoms in total. The monoisotopic (exact) mass is 424 g/mol. The number of esters is 1. The first kappa shape index (κ1) is 18.7. The molecule has 1 N–H and O–H groups in total. The molecule has 4 aliphatic carbocycles. The number of carbonyl (C=O) groups excluding carboxylic acids is 2. The van der Waals surface area contributed by atoms with Crippen LogP contribution in [0, 0.1) is 28.6 Å². The van der Waals surface area contributed by atoms with Gasteiger partial charge >= 0.3 is 5.97 Å². The summed E-state index contributed by atoms with van der Waals surface area (Å²) in [4.78, 5) is 23.4. The van der Waals surface area contributed by atoms with E-state index in [2.05, 4.69) is 29.8 Å². The third-order valence-electron chi connectivity index (χ3n) is 8.35. The molecule has 4 aliphatic rings. The van der Waals surface area contributed by atoms with Crippen LogP contribution in [0.3, 0.4) is 0 Å². The second kappa shape index (κ2) is 5.91. The first-order valence-corrected chi connectivity index (χ1v) is 10.8. The van der Waals surface area contributed by atoms with Gasteiger partial charge in [-0.2, -0.15) is 0 Å². The van der Waals surface area contributed by atoms with Gasteiger partial charge in [0.05, 0.1) is 4.83 Å². The fraction of sp³-hybridized carbons (Fsp3) is 0.810. The predicted molar refractivity (Wildman–Crippen MR) is 102 cm³/mol. The van der Waals surface area contributed by atoms with Gasteiger partial charge in [-0.05, 0) is 67.8 Å². The first-order valence-electron chi connectivity index (χ1n) is 9.92. The molecule has 0 aromatic rings. The van der Waals surface area contributed by atoms with Crippen LogP contribution in [0.4, 0.5) is 0 Å². The highest BCUT2D eigenvalue weighted by molar-refractivity contribution is 9.09. The van der Waals surface area contributed by atoms with E-state index in [0.29, 0.717) is 24.2 Å². The Morgan fingerprint density at radius 3 is 2.65 bits per heavy atom. The molecule has 0 unspecified atom stereocenters. The minimum Gasteiger partial charge on any atom is -0.432 e. The molecule has 0 aromatic heterocycles. The van der Waals surface area contributed by atoms with E-state index < -0.39 is 17.2 Å². The molecule has 144 valence electrons. The lowest BCUT2D eigenvalue weighted by molar-refractivity contribution is -0.260. The highest BCUT2D eigenvalue weighted by Crippen LogP contribution is 2.68. The Bertz CT molecular complexity index is 687. The standard InChI is InChI=1S/C21H29BrO4/c1-12(23)26-21(25)18(22)11-17-15-5-4-13-10-14(24)6-8-19(13,2)16(15)7-9-20(17,21)3/h10,15-18,25H,4-9,11H2,1-3H3/t15-,16-,17+,18-,19+,20+,21+/m1/s1. The molecule has 4 rings (SSSR count). The maximum atomic E-state index is 11.9. The zero-order valence-electron chi connectivity index (χ0n) is 15.9. The Balaban J connectivity index is 1.69. The van der Waals surface area contributed by atoms with E-state index in [4.69, 9.17) is 4.74 Å². The average Bonchev–Trinajstić information content (AvgIpc) is 2.75. The largest absolute Gasteiger partial charge is 0.432 e. The minimum absolute atomic E-state index is 0.113. The number of hydrogen-bond acceptors (Lipinski definition) is 4. The van der Waals surface area contributed by atoms with Gasteiger partial charge in [0.25, 0.3) is 0 Å². The molecule has 0 aliphatic heterocycles. The highest BCUT2D eigenvalue weighted by atomic mass is 79.9. The Kier molecular flexibility index (Phi) is 4.24. The van der Waals surface area contributed by atoms with E-state index in [1.165, 1.54) is 12.5 Å². The van der Waals surface area contributed by atoms with Gasteiger partial charge in [0.15, 0.2) is 5.78 Å². The van der Waals surface area contributed by atoms with Crippen LogP contribution in [-0.2, 0) is 14.3 Å². The van der Waals surface area contributed by atoms with Gasteiger partial charge in [-0.1, -0.05) is 35.4 Å². The van der Waals surface area contributed by atoms with Crippen molar-refractivity contribution in [2.75, 3.05) is 0 Å². The van der Waals surface area contributed by atoms with E-state index in [9.17, 15) is 14.7 Å². The Labute approximate surface area is 163 Å². The van der Waals surface area contributed by atoms with Crippen LogP contribution in [0.25, 0.3) is 0 Å². The van der Waals surface area contributed by atoms with Gasteiger partial charge in [-0.15, -0.1) is 0 Å². The van der Waals surface area contributed by atoms with Gasteiger partial charge in [0.1, 0.15) is 0 Å². The van der Waals surface area contributed by atoms with Gasteiger partial charge in [0.2, 0.25) is 5.79 Å². The van der Waals surface area contributed by atoms with E-state index in [1.54, 1.807) is 0 Å². The molecule has 0 bridgehead atoms. The smallest absolute Gasteiger partial charge is 0.305 e. The molecule has 3 fully saturated rings. The number of fused-ring (bicyclic) bond motifs is 5. The normalized spacial score (nSPS) is 50.3. The molecule has 0 aromatic carbocycles. The molecule has 3 saturated carbocycles. The van der Waals surface area contributed by atoms with Gasteiger partial charge in [-0.3, -0.25) is 9.59 Å². The van der Waals surface area contributed by atoms with Crippen LogP contribution in [0.1, 0.15) is 65.7 Å². The lowest BCUT2D eigenvalue weighted by atomic mass is 9.47. The van der Waals surface area contributed by atoms with Crippen molar-refractivity contribution in [3.63, 3.8) is 0 Å². The zero-order chi connectivity index (χ0) is 18.9. The number of alkyl halides is 1. The fourth-order valence-corrected chi connectivity index (χ4v) is 7.92. The highest BCUT2D eigenvalue weighted by Gasteiger charge is 2.69. The fourth-order valence-electron chi connectivity index (χ4n) is 6.90. The molecule has 7 atom stereocenters. The summed E-state index contributed by atoms with van der Waals surface area (Å²) in [6.07, 6.45) is 8.27. The Morgan fingerprint density at radius 1 is 1.23 bits per heavy atom. The quantitative estimate of drug-likeness (QED) is 0.390. The summed E-state index contributed by atoms with van der Waals surface area (Å²) >= 11 is 3.64. The van der Waals surface area contributed by atoms with Crippen LogP contribution >= 0.6 is 15.9 Å². The van der Waals surface area contributed by atoms with Gasteiger partial charge in [-0.25, -0.2) is 0 Å². The van der Waals surface area contributed by atoms with Crippen LogP contribution in [0.15, 0.2) is 11.6 Å². The molecule has 0 amide bonds. The predicted octanol–water partition coefficient (Wildman–Crippen LogP) is 4.14. The van der Waals surface area contributed by atoms with E-state index in [1.807, 2.05) is 6.08 Å². The lowest BCUT2D eigenvalue weighted by Crippen LogP contribution is -2.57. The van der Waals surface area contributed by atoms with Crippen molar-refractivity contribution < 1.29 is 19.4 Å². The number of ether oxygens (including phenoxy) is 1. The van der Waals surface area contributed by atoms with Crippen LogP contribution in [0.5, 0.6) is 0 Å². The third-order valence-corrected chi connectivity index (χ3v) is 9.35. The zero-order valence-corrected chi connectivity index (χ0v) is 17.5. The van der Waals surface area contributed by atoms with Crippen molar-refractivity contribution in [1.29, 1.82) is 0 Å². The molecular weight excluding hydrogens is 396 g/mol. The van der Waals surface area contributed by atoms with Crippen molar-refractivity contribution in [2.45, 2.75) is 76.3 Å². The summed E-state index contributed by atoms with van der Waals surface area (Å²) in [5.74, 6) is -0.198.